The smallest absolute Gasteiger partial charge is 0.347 e. The minimum absolute atomic E-state index is 0.242. The van der Waals surface area contributed by atoms with E-state index in [1.54, 1.807) is 0 Å². The van der Waals surface area contributed by atoms with Gasteiger partial charge in [-0.1, -0.05) is 24.3 Å². The molecule has 0 saturated carbocycles. The van der Waals surface area contributed by atoms with Crippen LogP contribution in [0.3, 0.4) is 0 Å². The van der Waals surface area contributed by atoms with Crippen molar-refractivity contribution in [1.82, 2.24) is 9.55 Å². The van der Waals surface area contributed by atoms with Crippen LogP contribution in [0.1, 0.15) is 15.9 Å². The molecule has 0 bridgehead atoms. The summed E-state index contributed by atoms with van der Waals surface area (Å²) in [4.78, 5) is 27.0. The zero-order valence-electron chi connectivity index (χ0n) is 10.2. The van der Waals surface area contributed by atoms with Crippen LogP contribution < -0.4 is 11.4 Å². The van der Waals surface area contributed by atoms with Gasteiger partial charge in [-0.15, -0.1) is 0 Å². The fourth-order valence-corrected chi connectivity index (χ4v) is 1.77. The third-order valence-electron chi connectivity index (χ3n) is 2.75. The van der Waals surface area contributed by atoms with Gasteiger partial charge < -0.3 is 10.3 Å². The van der Waals surface area contributed by atoms with Crippen LogP contribution in [0.4, 0.5) is 0 Å². The molecular formula is C13H13N3O2. The van der Waals surface area contributed by atoms with Gasteiger partial charge in [0.05, 0.1) is 11.3 Å². The number of rotatable bonds is 2. The average molecular weight is 243 g/mol. The monoisotopic (exact) mass is 243 g/mol. The number of hydrogen-bond donors (Lipinski definition) is 1. The molecule has 0 saturated heterocycles. The fourth-order valence-electron chi connectivity index (χ4n) is 1.77. The molecule has 0 aliphatic heterocycles. The van der Waals surface area contributed by atoms with E-state index >= 15 is 0 Å². The van der Waals surface area contributed by atoms with Crippen LogP contribution in [0.25, 0.3) is 11.3 Å². The van der Waals surface area contributed by atoms with Crippen molar-refractivity contribution >= 4 is 5.91 Å². The van der Waals surface area contributed by atoms with E-state index in [9.17, 15) is 9.59 Å². The molecule has 0 spiro atoms. The maximum absolute atomic E-state index is 11.6. The minimum Gasteiger partial charge on any atom is -0.365 e. The molecule has 1 heterocycles. The van der Waals surface area contributed by atoms with Gasteiger partial charge in [0.1, 0.15) is 0 Å². The Morgan fingerprint density at radius 2 is 2.00 bits per heavy atom. The van der Waals surface area contributed by atoms with Gasteiger partial charge in [0.15, 0.2) is 0 Å². The molecule has 92 valence electrons. The van der Waals surface area contributed by atoms with Crippen molar-refractivity contribution in [3.8, 4) is 11.3 Å². The third kappa shape index (κ3) is 2.02. The third-order valence-corrected chi connectivity index (χ3v) is 2.75. The lowest BCUT2D eigenvalue weighted by molar-refractivity contribution is 0.1000. The summed E-state index contributed by atoms with van der Waals surface area (Å²) in [7, 11) is 1.53. The lowest BCUT2D eigenvalue weighted by Crippen LogP contribution is -2.25. The van der Waals surface area contributed by atoms with Gasteiger partial charge in [-0.3, -0.25) is 4.79 Å². The topological polar surface area (TPSA) is 78.0 Å². The predicted octanol–water partition coefficient (Wildman–Crippen LogP) is 0.855. The number of carbonyl (C=O) groups is 1. The fraction of sp³-hybridized carbons (Fsp3) is 0.154. The Hall–Kier alpha value is -2.43. The highest BCUT2D eigenvalue weighted by Crippen LogP contribution is 2.23. The summed E-state index contributed by atoms with van der Waals surface area (Å²) in [5, 5.41) is 0. The van der Waals surface area contributed by atoms with Crippen LogP contribution in [0.2, 0.25) is 0 Å². The molecule has 1 aromatic heterocycles. The lowest BCUT2D eigenvalue weighted by Gasteiger charge is -2.09. The molecule has 0 aliphatic rings. The second-order valence-corrected chi connectivity index (χ2v) is 4.08. The van der Waals surface area contributed by atoms with Crippen molar-refractivity contribution in [2.45, 2.75) is 6.92 Å². The highest BCUT2D eigenvalue weighted by molar-refractivity contribution is 5.98. The molecule has 2 N–H and O–H groups in total. The van der Waals surface area contributed by atoms with E-state index in [1.165, 1.54) is 17.8 Å². The standard InChI is InChI=1S/C13H13N3O2/c1-8-5-3-4-6-9(8)11-10(12(14)17)7-16(2)13(18)15-11/h3-7H,1-2H3,(H2,14,17). The van der Waals surface area contributed by atoms with Gasteiger partial charge in [0.2, 0.25) is 0 Å². The van der Waals surface area contributed by atoms with Gasteiger partial charge >= 0.3 is 5.69 Å². The Balaban J connectivity index is 2.78. The van der Waals surface area contributed by atoms with E-state index in [2.05, 4.69) is 4.98 Å². The van der Waals surface area contributed by atoms with E-state index in [4.69, 9.17) is 5.73 Å². The van der Waals surface area contributed by atoms with Crippen LogP contribution >= 0.6 is 0 Å². The summed E-state index contributed by atoms with van der Waals surface area (Å²) in [6.07, 6.45) is 1.42. The number of hydrogen-bond acceptors (Lipinski definition) is 3. The predicted molar refractivity (Wildman–Crippen MR) is 68.2 cm³/mol. The number of nitrogens with two attached hydrogens (primary N) is 1. The normalized spacial score (nSPS) is 10.3. The second kappa shape index (κ2) is 4.44. The summed E-state index contributed by atoms with van der Waals surface area (Å²) in [5.74, 6) is -0.601. The van der Waals surface area contributed by atoms with Crippen LogP contribution in [0.15, 0.2) is 35.3 Å². The average Bonchev–Trinajstić information content (AvgIpc) is 2.32. The van der Waals surface area contributed by atoms with Gasteiger partial charge in [0.25, 0.3) is 5.91 Å². The van der Waals surface area contributed by atoms with E-state index in [1.807, 2.05) is 31.2 Å². The zero-order chi connectivity index (χ0) is 13.3. The lowest BCUT2D eigenvalue weighted by atomic mass is 10.0. The molecule has 5 heteroatoms. The van der Waals surface area contributed by atoms with Crippen LogP contribution in [-0.4, -0.2) is 15.5 Å². The molecule has 1 aromatic carbocycles. The molecule has 18 heavy (non-hydrogen) atoms. The summed E-state index contributed by atoms with van der Waals surface area (Å²) < 4.78 is 1.24. The number of aryl methyl sites for hydroxylation is 2. The quantitative estimate of drug-likeness (QED) is 0.849. The highest BCUT2D eigenvalue weighted by atomic mass is 16.1. The van der Waals surface area contributed by atoms with Crippen LogP contribution in [-0.2, 0) is 7.05 Å². The van der Waals surface area contributed by atoms with Crippen molar-refractivity contribution in [2.24, 2.45) is 12.8 Å². The first-order chi connectivity index (χ1) is 8.50. The summed E-state index contributed by atoms with van der Waals surface area (Å²) in [6, 6.07) is 7.40. The molecule has 2 aromatic rings. The Morgan fingerprint density at radius 3 is 2.61 bits per heavy atom. The summed E-state index contributed by atoms with van der Waals surface area (Å²) >= 11 is 0. The SMILES string of the molecule is Cc1ccccc1-c1nc(=O)n(C)cc1C(N)=O. The minimum atomic E-state index is -0.601. The molecule has 0 unspecified atom stereocenters. The molecule has 0 fully saturated rings. The second-order valence-electron chi connectivity index (χ2n) is 4.08. The highest BCUT2D eigenvalue weighted by Gasteiger charge is 2.15. The Bertz CT molecular complexity index is 674. The Labute approximate surface area is 104 Å². The van der Waals surface area contributed by atoms with E-state index in [-0.39, 0.29) is 5.56 Å². The number of primary amides is 1. The van der Waals surface area contributed by atoms with Crippen molar-refractivity contribution in [3.05, 3.63) is 52.1 Å². The molecule has 5 nitrogen and oxygen atoms in total. The van der Waals surface area contributed by atoms with Gasteiger partial charge in [0, 0.05) is 18.8 Å². The zero-order valence-corrected chi connectivity index (χ0v) is 10.2. The van der Waals surface area contributed by atoms with Crippen molar-refractivity contribution in [1.29, 1.82) is 0 Å². The van der Waals surface area contributed by atoms with E-state index < -0.39 is 11.6 Å². The number of nitrogens with zero attached hydrogens (tertiary/aromatic N) is 2. The molecule has 0 radical (unpaired) electrons. The van der Waals surface area contributed by atoms with Crippen molar-refractivity contribution in [3.63, 3.8) is 0 Å². The molecule has 0 aliphatic carbocycles. The molecular weight excluding hydrogens is 230 g/mol. The maximum atomic E-state index is 11.6. The largest absolute Gasteiger partial charge is 0.365 e. The number of carbonyl (C=O) groups excluding carboxylic acids is 1. The number of amides is 1. The first-order valence-corrected chi connectivity index (χ1v) is 5.44. The van der Waals surface area contributed by atoms with Gasteiger partial charge in [-0.05, 0) is 12.5 Å². The first kappa shape index (κ1) is 12.0. The van der Waals surface area contributed by atoms with Gasteiger partial charge in [-0.25, -0.2) is 4.79 Å². The Morgan fingerprint density at radius 1 is 1.33 bits per heavy atom. The Kier molecular flexibility index (Phi) is 2.97. The molecule has 2 rings (SSSR count). The maximum Gasteiger partial charge on any atom is 0.347 e. The van der Waals surface area contributed by atoms with Crippen molar-refractivity contribution < 1.29 is 4.79 Å². The van der Waals surface area contributed by atoms with E-state index in [0.29, 0.717) is 5.69 Å². The number of aromatic nitrogens is 2. The summed E-state index contributed by atoms with van der Waals surface area (Å²) in [5.41, 5.74) is 7.16. The van der Waals surface area contributed by atoms with Crippen LogP contribution in [0.5, 0.6) is 0 Å². The van der Waals surface area contributed by atoms with Gasteiger partial charge in [-0.2, -0.15) is 4.98 Å². The van der Waals surface area contributed by atoms with Crippen LogP contribution in [0, 0.1) is 6.92 Å². The van der Waals surface area contributed by atoms with Crippen molar-refractivity contribution in [2.75, 3.05) is 0 Å². The van der Waals surface area contributed by atoms with E-state index in [0.717, 1.165) is 11.1 Å². The summed E-state index contributed by atoms with van der Waals surface area (Å²) in [6.45, 7) is 1.89. The first-order valence-electron chi connectivity index (χ1n) is 5.44. The molecule has 1 amide bonds. The number of benzene rings is 1. The molecule has 0 atom stereocenters.